The fraction of sp³-hybridized carbons (Fsp3) is 0.154. The average Bonchev–Trinajstić information content (AvgIpc) is 2.38. The standard InChI is InChI=1S/C13H12N2O5/c16-11-4-6-15(13(19)14-11)9-2-1-3-10(8-9)20-7-5-12(17)18/h1-4,6,8H,5,7H2,(H,17,18)(H,14,16,19). The van der Waals surface area contributed by atoms with Crippen molar-refractivity contribution < 1.29 is 14.6 Å². The summed E-state index contributed by atoms with van der Waals surface area (Å²) in [6.07, 6.45) is 1.25. The first-order chi connectivity index (χ1) is 9.56. The van der Waals surface area contributed by atoms with Crippen molar-refractivity contribution in [2.45, 2.75) is 6.42 Å². The Hall–Kier alpha value is -2.83. The van der Waals surface area contributed by atoms with E-state index in [-0.39, 0.29) is 13.0 Å². The van der Waals surface area contributed by atoms with Crippen LogP contribution in [0.15, 0.2) is 46.1 Å². The van der Waals surface area contributed by atoms with Crippen molar-refractivity contribution in [1.29, 1.82) is 0 Å². The molecule has 0 fully saturated rings. The zero-order valence-electron chi connectivity index (χ0n) is 10.4. The van der Waals surface area contributed by atoms with Crippen LogP contribution in [0.2, 0.25) is 0 Å². The minimum absolute atomic E-state index is 0.0410. The number of hydrogen-bond donors (Lipinski definition) is 2. The van der Waals surface area contributed by atoms with E-state index in [0.717, 1.165) is 0 Å². The highest BCUT2D eigenvalue weighted by Gasteiger charge is 2.03. The summed E-state index contributed by atoms with van der Waals surface area (Å²) < 4.78 is 6.53. The van der Waals surface area contributed by atoms with E-state index in [4.69, 9.17) is 9.84 Å². The minimum atomic E-state index is -0.946. The second-order valence-electron chi connectivity index (χ2n) is 3.97. The van der Waals surface area contributed by atoms with Crippen molar-refractivity contribution in [1.82, 2.24) is 9.55 Å². The first kappa shape index (κ1) is 13.6. The maximum Gasteiger partial charge on any atom is 0.332 e. The van der Waals surface area contributed by atoms with Crippen molar-refractivity contribution in [3.05, 3.63) is 57.4 Å². The van der Waals surface area contributed by atoms with Gasteiger partial charge >= 0.3 is 11.7 Å². The van der Waals surface area contributed by atoms with E-state index >= 15 is 0 Å². The maximum atomic E-state index is 11.6. The molecule has 0 bridgehead atoms. The van der Waals surface area contributed by atoms with Crippen LogP contribution < -0.4 is 16.0 Å². The summed E-state index contributed by atoms with van der Waals surface area (Å²) in [5.74, 6) is -0.500. The maximum absolute atomic E-state index is 11.6. The van der Waals surface area contributed by atoms with E-state index in [1.807, 2.05) is 0 Å². The number of nitrogens with zero attached hydrogens (tertiary/aromatic N) is 1. The van der Waals surface area contributed by atoms with Crippen molar-refractivity contribution in [3.8, 4) is 11.4 Å². The van der Waals surface area contributed by atoms with Gasteiger partial charge in [0, 0.05) is 18.3 Å². The monoisotopic (exact) mass is 276 g/mol. The predicted molar refractivity (Wildman–Crippen MR) is 70.4 cm³/mol. The molecule has 0 amide bonds. The van der Waals surface area contributed by atoms with Gasteiger partial charge in [0.1, 0.15) is 5.75 Å². The predicted octanol–water partition coefficient (Wildman–Crippen LogP) is 0.379. The highest BCUT2D eigenvalue weighted by molar-refractivity contribution is 5.66. The largest absolute Gasteiger partial charge is 0.493 e. The molecule has 2 rings (SSSR count). The summed E-state index contributed by atoms with van der Waals surface area (Å²) in [6.45, 7) is 0.0410. The Kier molecular flexibility index (Phi) is 3.99. The number of ether oxygens (including phenoxy) is 1. The molecule has 104 valence electrons. The number of hydrogen-bond acceptors (Lipinski definition) is 4. The van der Waals surface area contributed by atoms with Crippen molar-refractivity contribution >= 4 is 5.97 Å². The molecule has 2 aromatic rings. The molecule has 0 aliphatic carbocycles. The summed E-state index contributed by atoms with van der Waals surface area (Å²) in [7, 11) is 0. The molecule has 0 unspecified atom stereocenters. The van der Waals surface area contributed by atoms with Crippen molar-refractivity contribution in [2.24, 2.45) is 0 Å². The number of aromatic amines is 1. The lowest BCUT2D eigenvalue weighted by Crippen LogP contribution is -2.27. The quantitative estimate of drug-likeness (QED) is 0.822. The molecule has 1 aromatic heterocycles. The first-order valence-electron chi connectivity index (χ1n) is 5.83. The van der Waals surface area contributed by atoms with E-state index in [2.05, 4.69) is 4.98 Å². The molecule has 0 saturated heterocycles. The van der Waals surface area contributed by atoms with E-state index in [9.17, 15) is 14.4 Å². The summed E-state index contributed by atoms with van der Waals surface area (Å²) >= 11 is 0. The topological polar surface area (TPSA) is 101 Å². The molecule has 0 atom stereocenters. The molecule has 1 heterocycles. The third-order valence-corrected chi connectivity index (χ3v) is 2.50. The zero-order valence-corrected chi connectivity index (χ0v) is 10.4. The Morgan fingerprint density at radius 1 is 1.30 bits per heavy atom. The number of benzene rings is 1. The van der Waals surface area contributed by atoms with Gasteiger partial charge in [-0.05, 0) is 12.1 Å². The molecular formula is C13H12N2O5. The SMILES string of the molecule is O=C(O)CCOc1cccc(-n2ccc(=O)[nH]c2=O)c1. The van der Waals surface area contributed by atoms with Crippen LogP contribution in [0.1, 0.15) is 6.42 Å². The number of aromatic nitrogens is 2. The Labute approximate surface area is 113 Å². The van der Waals surface area contributed by atoms with Gasteiger partial charge in [0.2, 0.25) is 0 Å². The van der Waals surface area contributed by atoms with Crippen LogP contribution in [0.3, 0.4) is 0 Å². The van der Waals surface area contributed by atoms with Crippen LogP contribution in [0, 0.1) is 0 Å². The second-order valence-corrected chi connectivity index (χ2v) is 3.97. The fourth-order valence-electron chi connectivity index (χ4n) is 1.60. The summed E-state index contributed by atoms with van der Waals surface area (Å²) in [5.41, 5.74) is -0.514. The highest BCUT2D eigenvalue weighted by atomic mass is 16.5. The van der Waals surface area contributed by atoms with Crippen LogP contribution in [-0.4, -0.2) is 27.2 Å². The third-order valence-electron chi connectivity index (χ3n) is 2.50. The van der Waals surface area contributed by atoms with Gasteiger partial charge in [-0.2, -0.15) is 0 Å². The second kappa shape index (κ2) is 5.87. The molecule has 0 radical (unpaired) electrons. The fourth-order valence-corrected chi connectivity index (χ4v) is 1.60. The lowest BCUT2D eigenvalue weighted by atomic mass is 10.3. The molecule has 0 aliphatic heterocycles. The summed E-state index contributed by atoms with van der Waals surface area (Å²) in [5, 5.41) is 8.53. The molecule has 0 spiro atoms. The Morgan fingerprint density at radius 2 is 2.10 bits per heavy atom. The van der Waals surface area contributed by atoms with E-state index < -0.39 is 17.2 Å². The zero-order chi connectivity index (χ0) is 14.5. The first-order valence-corrected chi connectivity index (χ1v) is 5.83. The van der Waals surface area contributed by atoms with Crippen molar-refractivity contribution in [3.63, 3.8) is 0 Å². The molecule has 0 aliphatic rings. The summed E-state index contributed by atoms with van der Waals surface area (Å²) in [4.78, 5) is 35.2. The number of carboxylic acids is 1. The van der Waals surface area contributed by atoms with Gasteiger partial charge in [0.25, 0.3) is 5.56 Å². The molecule has 7 heteroatoms. The Bertz CT molecular complexity index is 732. The van der Waals surface area contributed by atoms with Crippen LogP contribution in [-0.2, 0) is 4.79 Å². The molecule has 20 heavy (non-hydrogen) atoms. The lowest BCUT2D eigenvalue weighted by molar-refractivity contribution is -0.137. The molecule has 7 nitrogen and oxygen atoms in total. The number of aliphatic carboxylic acids is 1. The van der Waals surface area contributed by atoms with Crippen LogP contribution >= 0.6 is 0 Å². The lowest BCUT2D eigenvalue weighted by Gasteiger charge is -2.08. The Morgan fingerprint density at radius 3 is 2.80 bits per heavy atom. The molecular weight excluding hydrogens is 264 g/mol. The molecule has 0 saturated carbocycles. The van der Waals surface area contributed by atoms with Gasteiger partial charge in [-0.1, -0.05) is 6.07 Å². The number of nitrogens with one attached hydrogen (secondary N) is 1. The normalized spacial score (nSPS) is 10.2. The van der Waals surface area contributed by atoms with Gasteiger partial charge in [-0.3, -0.25) is 19.1 Å². The van der Waals surface area contributed by atoms with Crippen LogP contribution in [0.5, 0.6) is 5.75 Å². The third kappa shape index (κ3) is 3.35. The van der Waals surface area contributed by atoms with Gasteiger partial charge in [0.15, 0.2) is 0 Å². The minimum Gasteiger partial charge on any atom is -0.493 e. The molecule has 1 aromatic carbocycles. The number of H-pyrrole nitrogens is 1. The number of carboxylic acid groups (broad SMARTS) is 1. The van der Waals surface area contributed by atoms with Gasteiger partial charge in [-0.15, -0.1) is 0 Å². The van der Waals surface area contributed by atoms with Gasteiger partial charge in [0.05, 0.1) is 18.7 Å². The van der Waals surface area contributed by atoms with Crippen LogP contribution in [0.25, 0.3) is 5.69 Å². The van der Waals surface area contributed by atoms with E-state index in [1.54, 1.807) is 24.3 Å². The molecule has 2 N–H and O–H groups in total. The number of carbonyl (C=O) groups is 1. The van der Waals surface area contributed by atoms with E-state index in [1.165, 1.54) is 16.8 Å². The average molecular weight is 276 g/mol. The smallest absolute Gasteiger partial charge is 0.332 e. The highest BCUT2D eigenvalue weighted by Crippen LogP contribution is 2.15. The van der Waals surface area contributed by atoms with Crippen molar-refractivity contribution in [2.75, 3.05) is 6.61 Å². The Balaban J connectivity index is 2.23. The summed E-state index contributed by atoms with van der Waals surface area (Å²) in [6, 6.07) is 7.82. The number of rotatable bonds is 5. The van der Waals surface area contributed by atoms with Crippen LogP contribution in [0.4, 0.5) is 0 Å². The van der Waals surface area contributed by atoms with Gasteiger partial charge < -0.3 is 9.84 Å². The van der Waals surface area contributed by atoms with Gasteiger partial charge in [-0.25, -0.2) is 4.79 Å². The van der Waals surface area contributed by atoms with E-state index in [0.29, 0.717) is 11.4 Å².